The minimum atomic E-state index is -0.418. The van der Waals surface area contributed by atoms with E-state index in [1.54, 1.807) is 31.4 Å². The van der Waals surface area contributed by atoms with Crippen LogP contribution in [0.3, 0.4) is 0 Å². The molecule has 0 saturated carbocycles. The molecule has 2 aromatic carbocycles. The van der Waals surface area contributed by atoms with Crippen LogP contribution in [0.5, 0.6) is 17.2 Å². The maximum absolute atomic E-state index is 12.8. The van der Waals surface area contributed by atoms with Gasteiger partial charge in [0.25, 0.3) is 0 Å². The third-order valence-corrected chi connectivity index (χ3v) is 3.88. The molecule has 1 aromatic heterocycles. The van der Waals surface area contributed by atoms with E-state index in [1.165, 1.54) is 12.3 Å². The predicted molar refractivity (Wildman–Crippen MR) is 88.6 cm³/mol. The largest absolute Gasteiger partial charge is 0.507 e. The number of benzene rings is 2. The molecule has 0 atom stereocenters. The third kappa shape index (κ3) is 2.57. The van der Waals surface area contributed by atoms with Gasteiger partial charge >= 0.3 is 0 Å². The zero-order valence-corrected chi connectivity index (χ0v) is 12.9. The van der Waals surface area contributed by atoms with Crippen LogP contribution in [0, 0.1) is 0 Å². The summed E-state index contributed by atoms with van der Waals surface area (Å²) in [6.45, 7) is -0.268. The fraction of sp³-hybridized carbons (Fsp3) is 0.167. The number of methoxy groups -OCH3 is 1. The summed E-state index contributed by atoms with van der Waals surface area (Å²) in [6.07, 6.45) is 1.32. The van der Waals surface area contributed by atoms with Crippen LogP contribution >= 0.6 is 0 Å². The lowest BCUT2D eigenvalue weighted by Crippen LogP contribution is -2.06. The van der Waals surface area contributed by atoms with Crippen LogP contribution < -0.4 is 10.2 Å². The second-order valence-corrected chi connectivity index (χ2v) is 5.28. The van der Waals surface area contributed by atoms with Crippen LogP contribution in [0.4, 0.5) is 0 Å². The summed E-state index contributed by atoms with van der Waals surface area (Å²) in [6, 6.07) is 8.12. The molecule has 0 amide bonds. The summed E-state index contributed by atoms with van der Waals surface area (Å²) >= 11 is 0. The molecule has 6 heteroatoms. The van der Waals surface area contributed by atoms with Gasteiger partial charge in [0.05, 0.1) is 12.7 Å². The minimum absolute atomic E-state index is 0.0235. The molecule has 24 heavy (non-hydrogen) atoms. The molecule has 0 aliphatic heterocycles. The average molecular weight is 328 g/mol. The SMILES string of the molecule is COc1ccc(-c2coc3cc(O)c(CCO)c(O)c3c2=O)cc1. The van der Waals surface area contributed by atoms with Crippen molar-refractivity contribution in [3.63, 3.8) is 0 Å². The first-order valence-corrected chi connectivity index (χ1v) is 7.31. The van der Waals surface area contributed by atoms with Gasteiger partial charge in [-0.25, -0.2) is 0 Å². The number of phenolic OH excluding ortho intramolecular Hbond substituents is 2. The van der Waals surface area contributed by atoms with Gasteiger partial charge in [0.2, 0.25) is 5.43 Å². The van der Waals surface area contributed by atoms with Gasteiger partial charge < -0.3 is 24.5 Å². The van der Waals surface area contributed by atoms with Gasteiger partial charge in [0.1, 0.15) is 34.5 Å². The monoisotopic (exact) mass is 328 g/mol. The van der Waals surface area contributed by atoms with Crippen molar-refractivity contribution in [2.45, 2.75) is 6.42 Å². The Bertz CT molecular complexity index is 940. The van der Waals surface area contributed by atoms with Gasteiger partial charge in [0, 0.05) is 24.7 Å². The molecule has 6 nitrogen and oxygen atoms in total. The van der Waals surface area contributed by atoms with Gasteiger partial charge in [-0.1, -0.05) is 12.1 Å². The zero-order valence-electron chi connectivity index (χ0n) is 12.9. The molecule has 3 N–H and O–H groups in total. The van der Waals surface area contributed by atoms with Gasteiger partial charge in [-0.3, -0.25) is 4.79 Å². The normalized spacial score (nSPS) is 10.9. The first-order chi connectivity index (χ1) is 11.6. The first-order valence-electron chi connectivity index (χ1n) is 7.31. The number of aliphatic hydroxyl groups is 1. The molecule has 0 saturated heterocycles. The number of rotatable bonds is 4. The van der Waals surface area contributed by atoms with Crippen molar-refractivity contribution >= 4 is 11.0 Å². The number of fused-ring (bicyclic) bond motifs is 1. The van der Waals surface area contributed by atoms with E-state index in [0.29, 0.717) is 11.3 Å². The summed E-state index contributed by atoms with van der Waals surface area (Å²) in [7, 11) is 1.55. The van der Waals surface area contributed by atoms with Crippen molar-refractivity contribution in [3.8, 4) is 28.4 Å². The van der Waals surface area contributed by atoms with E-state index in [4.69, 9.17) is 14.3 Å². The number of aliphatic hydroxyl groups excluding tert-OH is 1. The molecule has 0 aliphatic carbocycles. The first kappa shape index (κ1) is 15.9. The fourth-order valence-corrected chi connectivity index (χ4v) is 2.62. The average Bonchev–Trinajstić information content (AvgIpc) is 2.59. The maximum atomic E-state index is 12.8. The predicted octanol–water partition coefficient (Wildman–Crippen LogP) is 2.41. The minimum Gasteiger partial charge on any atom is -0.507 e. The molecule has 0 bridgehead atoms. The topological polar surface area (TPSA) is 100 Å². The Morgan fingerprint density at radius 3 is 2.50 bits per heavy atom. The van der Waals surface area contributed by atoms with Crippen LogP contribution in [0.1, 0.15) is 5.56 Å². The molecule has 0 radical (unpaired) electrons. The summed E-state index contributed by atoms with van der Waals surface area (Å²) in [5.74, 6) is 0.0551. The van der Waals surface area contributed by atoms with Gasteiger partial charge in [-0.15, -0.1) is 0 Å². The highest BCUT2D eigenvalue weighted by Crippen LogP contribution is 2.35. The lowest BCUT2D eigenvalue weighted by molar-refractivity contribution is 0.295. The molecule has 0 unspecified atom stereocenters. The summed E-state index contributed by atoms with van der Waals surface area (Å²) in [5, 5.41) is 29.3. The molecule has 1 heterocycles. The second-order valence-electron chi connectivity index (χ2n) is 5.28. The van der Waals surface area contributed by atoms with Crippen LogP contribution in [0.15, 0.2) is 45.8 Å². The molecular weight excluding hydrogens is 312 g/mol. The van der Waals surface area contributed by atoms with Crippen LogP contribution in [-0.2, 0) is 6.42 Å². The van der Waals surface area contributed by atoms with Crippen LogP contribution in [0.25, 0.3) is 22.1 Å². The van der Waals surface area contributed by atoms with Crippen LogP contribution in [0.2, 0.25) is 0 Å². The van der Waals surface area contributed by atoms with Crippen molar-refractivity contribution in [2.24, 2.45) is 0 Å². The van der Waals surface area contributed by atoms with E-state index in [2.05, 4.69) is 0 Å². The highest BCUT2D eigenvalue weighted by Gasteiger charge is 2.18. The van der Waals surface area contributed by atoms with Gasteiger partial charge in [-0.05, 0) is 17.7 Å². The van der Waals surface area contributed by atoms with E-state index >= 15 is 0 Å². The molecule has 124 valence electrons. The molecule has 0 aliphatic rings. The van der Waals surface area contributed by atoms with Crippen molar-refractivity contribution in [3.05, 3.63) is 52.4 Å². The van der Waals surface area contributed by atoms with E-state index in [1.807, 2.05) is 0 Å². The Balaban J connectivity index is 2.24. The molecule has 3 rings (SSSR count). The third-order valence-electron chi connectivity index (χ3n) is 3.88. The highest BCUT2D eigenvalue weighted by atomic mass is 16.5. The molecule has 3 aromatic rings. The molecule has 0 spiro atoms. The maximum Gasteiger partial charge on any atom is 0.204 e. The smallest absolute Gasteiger partial charge is 0.204 e. The summed E-state index contributed by atoms with van der Waals surface area (Å²) < 4.78 is 10.5. The van der Waals surface area contributed by atoms with Gasteiger partial charge in [-0.2, -0.15) is 0 Å². The summed E-state index contributed by atoms with van der Waals surface area (Å²) in [4.78, 5) is 12.8. The standard InChI is InChI=1S/C18H16O6/c1-23-11-4-2-10(3-5-11)13-9-24-15-8-14(20)12(6-7-19)17(21)16(15)18(13)22/h2-5,8-9,19-21H,6-7H2,1H3. The van der Waals surface area contributed by atoms with Crippen molar-refractivity contribution in [2.75, 3.05) is 13.7 Å². The Hall–Kier alpha value is -2.99. The lowest BCUT2D eigenvalue weighted by Gasteiger charge is -2.10. The van der Waals surface area contributed by atoms with E-state index in [9.17, 15) is 15.0 Å². The van der Waals surface area contributed by atoms with E-state index in [0.717, 1.165) is 0 Å². The quantitative estimate of drug-likeness (QED) is 0.680. The Kier molecular flexibility index (Phi) is 4.14. The van der Waals surface area contributed by atoms with E-state index in [-0.39, 0.29) is 46.6 Å². The highest BCUT2D eigenvalue weighted by molar-refractivity contribution is 5.89. The number of aromatic hydroxyl groups is 2. The number of hydrogen-bond acceptors (Lipinski definition) is 6. The van der Waals surface area contributed by atoms with Crippen molar-refractivity contribution in [1.82, 2.24) is 0 Å². The second kappa shape index (κ2) is 6.25. The molecular formula is C18H16O6. The van der Waals surface area contributed by atoms with E-state index < -0.39 is 5.43 Å². The van der Waals surface area contributed by atoms with Gasteiger partial charge in [0.15, 0.2) is 0 Å². The fourth-order valence-electron chi connectivity index (χ4n) is 2.62. The van der Waals surface area contributed by atoms with Crippen molar-refractivity contribution < 1.29 is 24.5 Å². The number of ether oxygens (including phenoxy) is 1. The summed E-state index contributed by atoms with van der Waals surface area (Å²) in [5.41, 5.74) is 0.667. The van der Waals surface area contributed by atoms with Crippen LogP contribution in [-0.4, -0.2) is 29.0 Å². The van der Waals surface area contributed by atoms with Crippen molar-refractivity contribution in [1.29, 1.82) is 0 Å². The number of phenols is 2. The Morgan fingerprint density at radius 1 is 1.17 bits per heavy atom. The Labute approximate surface area is 137 Å². The number of hydrogen-bond donors (Lipinski definition) is 3. The lowest BCUT2D eigenvalue weighted by atomic mass is 10.0. The molecule has 0 fully saturated rings. The Morgan fingerprint density at radius 2 is 1.88 bits per heavy atom. The zero-order chi connectivity index (χ0) is 17.3.